The molecule has 0 spiro atoms. The van der Waals surface area contributed by atoms with Crippen LogP contribution in [0.4, 0.5) is 10.1 Å². The van der Waals surface area contributed by atoms with Crippen molar-refractivity contribution in [2.75, 3.05) is 5.32 Å². The number of imidazole rings is 1. The first-order chi connectivity index (χ1) is 13.9. The maximum Gasteiger partial charge on any atom is 0.230 e. The van der Waals surface area contributed by atoms with Gasteiger partial charge >= 0.3 is 0 Å². The molecule has 0 aliphatic rings. The lowest BCUT2D eigenvalue weighted by Crippen LogP contribution is -2.16. The van der Waals surface area contributed by atoms with E-state index in [0.29, 0.717) is 5.69 Å². The van der Waals surface area contributed by atoms with Crippen LogP contribution >= 0.6 is 0 Å². The lowest BCUT2D eigenvalue weighted by molar-refractivity contribution is -0.115. The molecule has 2 aromatic heterocycles. The van der Waals surface area contributed by atoms with E-state index in [1.54, 1.807) is 12.1 Å². The van der Waals surface area contributed by atoms with E-state index in [9.17, 15) is 9.18 Å². The van der Waals surface area contributed by atoms with Gasteiger partial charge < -0.3 is 9.72 Å². The molecule has 0 saturated heterocycles. The molecule has 0 aliphatic carbocycles. The summed E-state index contributed by atoms with van der Waals surface area (Å²) in [6.45, 7) is 6.15. The first-order valence-corrected chi connectivity index (χ1v) is 9.52. The molecule has 2 aromatic carbocycles. The molecule has 2 heterocycles. The van der Waals surface area contributed by atoms with Crippen LogP contribution in [-0.4, -0.2) is 15.3 Å². The second-order valence-corrected chi connectivity index (χ2v) is 7.32. The molecule has 1 amide bonds. The van der Waals surface area contributed by atoms with Gasteiger partial charge in [-0.3, -0.25) is 4.79 Å². The van der Waals surface area contributed by atoms with Gasteiger partial charge in [-0.25, -0.2) is 9.37 Å². The fourth-order valence-electron chi connectivity index (χ4n) is 3.43. The largest absolute Gasteiger partial charge is 0.326 e. The number of rotatable bonds is 4. The van der Waals surface area contributed by atoms with Crippen molar-refractivity contribution >= 4 is 17.2 Å². The number of aromatic nitrogens is 2. The molecule has 0 aliphatic heterocycles. The van der Waals surface area contributed by atoms with E-state index in [-0.39, 0.29) is 18.1 Å². The van der Waals surface area contributed by atoms with Crippen molar-refractivity contribution in [1.82, 2.24) is 9.38 Å². The van der Waals surface area contributed by atoms with Crippen LogP contribution in [0.15, 0.2) is 60.8 Å². The first-order valence-electron chi connectivity index (χ1n) is 9.52. The Morgan fingerprint density at radius 3 is 2.48 bits per heavy atom. The van der Waals surface area contributed by atoms with Gasteiger partial charge in [-0.05, 0) is 73.9 Å². The molecule has 1 N–H and O–H groups in total. The number of hydrogen-bond acceptors (Lipinski definition) is 2. The molecular weight excluding hydrogens is 365 g/mol. The number of hydrogen-bond donors (Lipinski definition) is 1. The van der Waals surface area contributed by atoms with Crippen molar-refractivity contribution in [3.05, 3.63) is 89.0 Å². The van der Waals surface area contributed by atoms with Crippen molar-refractivity contribution in [3.63, 3.8) is 0 Å². The fraction of sp³-hybridized carbons (Fsp3) is 0.167. The third kappa shape index (κ3) is 3.76. The summed E-state index contributed by atoms with van der Waals surface area (Å²) in [5, 5.41) is 2.84. The smallest absolute Gasteiger partial charge is 0.230 e. The summed E-state index contributed by atoms with van der Waals surface area (Å²) in [7, 11) is 0. The average molecular weight is 387 g/mol. The SMILES string of the molecule is Cc1ccc(-c2nc3c(C)cccn3c2CC(=O)Nc2ccc(F)cc2)cc1C. The highest BCUT2D eigenvalue weighted by atomic mass is 19.1. The number of nitrogens with zero attached hydrogens (tertiary/aromatic N) is 2. The van der Waals surface area contributed by atoms with Crippen molar-refractivity contribution in [3.8, 4) is 11.3 Å². The van der Waals surface area contributed by atoms with Crippen LogP contribution < -0.4 is 5.32 Å². The molecule has 4 nitrogen and oxygen atoms in total. The van der Waals surface area contributed by atoms with Crippen molar-refractivity contribution in [1.29, 1.82) is 0 Å². The third-order valence-electron chi connectivity index (χ3n) is 5.18. The van der Waals surface area contributed by atoms with E-state index < -0.39 is 0 Å². The molecule has 0 saturated carbocycles. The Bertz CT molecular complexity index is 1210. The van der Waals surface area contributed by atoms with Crippen molar-refractivity contribution in [2.24, 2.45) is 0 Å². The molecule has 0 fully saturated rings. The van der Waals surface area contributed by atoms with Gasteiger partial charge in [-0.1, -0.05) is 18.2 Å². The van der Waals surface area contributed by atoms with Crippen molar-refractivity contribution in [2.45, 2.75) is 27.2 Å². The van der Waals surface area contributed by atoms with Gasteiger partial charge in [0, 0.05) is 17.4 Å². The van der Waals surface area contributed by atoms with E-state index in [1.165, 1.54) is 23.3 Å². The number of aryl methyl sites for hydroxylation is 3. The second-order valence-electron chi connectivity index (χ2n) is 7.32. The summed E-state index contributed by atoms with van der Waals surface area (Å²) < 4.78 is 15.1. The quantitative estimate of drug-likeness (QED) is 0.520. The Kier molecular flexibility index (Phi) is 4.89. The molecule has 4 rings (SSSR count). The minimum atomic E-state index is -0.336. The summed E-state index contributed by atoms with van der Waals surface area (Å²) in [5.41, 5.74) is 7.45. The molecule has 5 heteroatoms. The van der Waals surface area contributed by atoms with Gasteiger partial charge in [-0.15, -0.1) is 0 Å². The van der Waals surface area contributed by atoms with E-state index in [2.05, 4.69) is 31.3 Å². The summed E-state index contributed by atoms with van der Waals surface area (Å²) in [5.74, 6) is -0.512. The van der Waals surface area contributed by atoms with E-state index >= 15 is 0 Å². The van der Waals surface area contributed by atoms with Crippen LogP contribution in [0.2, 0.25) is 0 Å². The molecule has 29 heavy (non-hydrogen) atoms. The highest BCUT2D eigenvalue weighted by Crippen LogP contribution is 2.28. The Hall–Kier alpha value is -3.47. The lowest BCUT2D eigenvalue weighted by atomic mass is 10.0. The predicted octanol–water partition coefficient (Wildman–Crippen LogP) is 5.25. The summed E-state index contributed by atoms with van der Waals surface area (Å²) in [6.07, 6.45) is 2.09. The molecule has 0 unspecified atom stereocenters. The van der Waals surface area contributed by atoms with Gasteiger partial charge in [0.15, 0.2) is 0 Å². The minimum absolute atomic E-state index is 0.157. The number of amides is 1. The average Bonchev–Trinajstić information content (AvgIpc) is 3.06. The zero-order valence-electron chi connectivity index (χ0n) is 16.7. The zero-order valence-corrected chi connectivity index (χ0v) is 16.7. The molecule has 0 atom stereocenters. The second kappa shape index (κ2) is 7.51. The maximum absolute atomic E-state index is 13.1. The standard InChI is InChI=1S/C24H22FN3O/c1-15-6-7-18(13-17(15)3)23-21(28-12-4-5-16(2)24(28)27-23)14-22(29)26-20-10-8-19(25)9-11-20/h4-13H,14H2,1-3H3,(H,26,29). The maximum atomic E-state index is 13.1. The van der Waals surface area contributed by atoms with Crippen LogP contribution in [0.25, 0.3) is 16.9 Å². The zero-order chi connectivity index (χ0) is 20.5. The van der Waals surface area contributed by atoms with Gasteiger partial charge in [0.1, 0.15) is 11.5 Å². The number of benzene rings is 2. The highest BCUT2D eigenvalue weighted by Gasteiger charge is 2.18. The van der Waals surface area contributed by atoms with Crippen LogP contribution in [0.1, 0.15) is 22.4 Å². The number of halogens is 1. The van der Waals surface area contributed by atoms with Gasteiger partial charge in [0.25, 0.3) is 0 Å². The Morgan fingerprint density at radius 1 is 1.00 bits per heavy atom. The molecular formula is C24H22FN3O. The summed E-state index contributed by atoms with van der Waals surface area (Å²) in [4.78, 5) is 17.6. The van der Waals surface area contributed by atoms with E-state index in [0.717, 1.165) is 28.2 Å². The minimum Gasteiger partial charge on any atom is -0.326 e. The number of nitrogens with one attached hydrogen (secondary N) is 1. The topological polar surface area (TPSA) is 46.4 Å². The lowest BCUT2D eigenvalue weighted by Gasteiger charge is -2.09. The summed E-state index contributed by atoms with van der Waals surface area (Å²) >= 11 is 0. The molecule has 146 valence electrons. The number of carbonyl (C=O) groups is 1. The Morgan fingerprint density at radius 2 is 1.76 bits per heavy atom. The van der Waals surface area contributed by atoms with Crippen LogP contribution in [0, 0.1) is 26.6 Å². The first kappa shape index (κ1) is 18.9. The van der Waals surface area contributed by atoms with Crippen LogP contribution in [0.3, 0.4) is 0 Å². The monoisotopic (exact) mass is 387 g/mol. The van der Waals surface area contributed by atoms with Gasteiger partial charge in [0.2, 0.25) is 5.91 Å². The predicted molar refractivity (Wildman–Crippen MR) is 114 cm³/mol. The molecule has 4 aromatic rings. The number of fused-ring (bicyclic) bond motifs is 1. The normalized spacial score (nSPS) is 11.0. The van der Waals surface area contributed by atoms with E-state index in [4.69, 9.17) is 4.98 Å². The van der Waals surface area contributed by atoms with Gasteiger partial charge in [-0.2, -0.15) is 0 Å². The number of pyridine rings is 1. The molecule has 0 radical (unpaired) electrons. The number of anilines is 1. The van der Waals surface area contributed by atoms with Crippen LogP contribution in [0.5, 0.6) is 0 Å². The Balaban J connectivity index is 1.75. The molecule has 0 bridgehead atoms. The fourth-order valence-corrected chi connectivity index (χ4v) is 3.43. The number of carbonyl (C=O) groups excluding carboxylic acids is 1. The van der Waals surface area contributed by atoms with E-state index in [1.807, 2.05) is 35.7 Å². The van der Waals surface area contributed by atoms with Crippen molar-refractivity contribution < 1.29 is 9.18 Å². The third-order valence-corrected chi connectivity index (χ3v) is 5.18. The highest BCUT2D eigenvalue weighted by molar-refractivity contribution is 5.93. The van der Waals surface area contributed by atoms with Gasteiger partial charge in [0.05, 0.1) is 17.8 Å². The van der Waals surface area contributed by atoms with Crippen LogP contribution in [-0.2, 0) is 11.2 Å². The summed E-state index contributed by atoms with van der Waals surface area (Å²) in [6, 6.07) is 15.9. The Labute approximate surface area is 169 Å².